The fourth-order valence-electron chi connectivity index (χ4n) is 7.22. The molecule has 6 atom stereocenters. The predicted octanol–water partition coefficient (Wildman–Crippen LogP) is 5.51. The van der Waals surface area contributed by atoms with Gasteiger partial charge in [-0.1, -0.05) is 19.9 Å². The molecule has 0 saturated heterocycles. The van der Waals surface area contributed by atoms with E-state index >= 15 is 0 Å². The van der Waals surface area contributed by atoms with Crippen LogP contribution in [-0.2, 0) is 19.1 Å². The summed E-state index contributed by atoms with van der Waals surface area (Å²) < 4.78 is 65.3. The molecule has 2 fully saturated rings. The van der Waals surface area contributed by atoms with Crippen LogP contribution >= 0.6 is 0 Å². The van der Waals surface area contributed by atoms with Crippen molar-refractivity contribution >= 4 is 15.9 Å². The molecule has 30 heavy (non-hydrogen) atoms. The Balaban J connectivity index is 1.61. The smallest absolute Gasteiger partial charge is 0.381 e. The molecule has 0 aromatic heterocycles. The molecule has 4 aliphatic carbocycles. The highest BCUT2D eigenvalue weighted by Gasteiger charge is 2.59. The molecule has 0 N–H and O–H groups in total. The maximum Gasteiger partial charge on any atom is 0.534 e. The minimum atomic E-state index is -5.64. The molecule has 4 nitrogen and oxygen atoms in total. The Morgan fingerprint density at radius 2 is 1.83 bits per heavy atom. The van der Waals surface area contributed by atoms with Gasteiger partial charge in [0.15, 0.2) is 0 Å². The van der Waals surface area contributed by atoms with Crippen molar-refractivity contribution in [1.82, 2.24) is 0 Å². The van der Waals surface area contributed by atoms with E-state index in [0.717, 1.165) is 37.7 Å². The van der Waals surface area contributed by atoms with Crippen molar-refractivity contribution in [2.24, 2.45) is 34.5 Å². The highest BCUT2D eigenvalue weighted by Crippen LogP contribution is 2.66. The minimum absolute atomic E-state index is 0.0360. The van der Waals surface area contributed by atoms with E-state index in [0.29, 0.717) is 24.2 Å². The first-order valence-corrected chi connectivity index (χ1v) is 12.1. The normalized spacial score (nSPS) is 41.1. The van der Waals surface area contributed by atoms with E-state index in [1.54, 1.807) is 6.92 Å². The number of ketones is 1. The van der Waals surface area contributed by atoms with Crippen LogP contribution in [-0.4, -0.2) is 19.7 Å². The van der Waals surface area contributed by atoms with Crippen LogP contribution in [0.15, 0.2) is 23.5 Å². The first kappa shape index (κ1) is 21.9. The van der Waals surface area contributed by atoms with Crippen LogP contribution in [0.1, 0.15) is 65.7 Å². The zero-order valence-corrected chi connectivity index (χ0v) is 18.4. The van der Waals surface area contributed by atoms with Gasteiger partial charge >= 0.3 is 15.6 Å². The van der Waals surface area contributed by atoms with Crippen molar-refractivity contribution in [2.75, 3.05) is 0 Å². The van der Waals surface area contributed by atoms with Crippen molar-refractivity contribution in [3.05, 3.63) is 23.5 Å². The van der Waals surface area contributed by atoms with E-state index < -0.39 is 15.6 Å². The molecule has 0 radical (unpaired) electrons. The fourth-order valence-corrected chi connectivity index (χ4v) is 7.73. The molecule has 0 bridgehead atoms. The molecule has 0 amide bonds. The number of rotatable bonds is 3. The number of halogens is 3. The molecule has 0 aromatic carbocycles. The van der Waals surface area contributed by atoms with Crippen molar-refractivity contribution in [3.63, 3.8) is 0 Å². The van der Waals surface area contributed by atoms with Gasteiger partial charge in [0, 0.05) is 12.3 Å². The van der Waals surface area contributed by atoms with E-state index in [2.05, 4.69) is 24.1 Å². The topological polar surface area (TPSA) is 60.4 Å². The number of hydrogen-bond donors (Lipinski definition) is 0. The minimum Gasteiger partial charge on any atom is -0.381 e. The summed E-state index contributed by atoms with van der Waals surface area (Å²) in [6.07, 6.45) is 9.11. The molecule has 0 aromatic rings. The molecular formula is C22H29F3O4S. The van der Waals surface area contributed by atoms with Gasteiger partial charge in [0.2, 0.25) is 0 Å². The van der Waals surface area contributed by atoms with Crippen molar-refractivity contribution < 1.29 is 30.6 Å². The van der Waals surface area contributed by atoms with Crippen LogP contribution in [0.2, 0.25) is 0 Å². The Morgan fingerprint density at radius 1 is 1.13 bits per heavy atom. The van der Waals surface area contributed by atoms with Crippen LogP contribution in [0, 0.1) is 34.5 Å². The van der Waals surface area contributed by atoms with E-state index in [4.69, 9.17) is 0 Å². The SMILES string of the molecule is CC(=O)C1CCC2C3CC=C4C=C(OS(=O)(=O)C(F)(F)F)CCC4(C)C3CCC12C. The number of hydrogen-bond acceptors (Lipinski definition) is 4. The Labute approximate surface area is 176 Å². The van der Waals surface area contributed by atoms with Gasteiger partial charge < -0.3 is 4.18 Å². The molecular weight excluding hydrogens is 417 g/mol. The van der Waals surface area contributed by atoms with E-state index in [-0.39, 0.29) is 34.7 Å². The third-order valence-electron chi connectivity index (χ3n) is 8.72. The van der Waals surface area contributed by atoms with Crippen LogP contribution in [0.25, 0.3) is 0 Å². The zero-order valence-electron chi connectivity index (χ0n) is 17.6. The van der Waals surface area contributed by atoms with Gasteiger partial charge in [-0.3, -0.25) is 4.79 Å². The van der Waals surface area contributed by atoms with Crippen LogP contribution in [0.5, 0.6) is 0 Å². The summed E-state index contributed by atoms with van der Waals surface area (Å²) in [5.74, 6) is 1.60. The third-order valence-corrected chi connectivity index (χ3v) is 9.72. The average molecular weight is 447 g/mol. The quantitative estimate of drug-likeness (QED) is 0.423. The van der Waals surface area contributed by atoms with Gasteiger partial charge in [-0.15, -0.1) is 0 Å². The molecule has 168 valence electrons. The second kappa shape index (κ2) is 6.84. The van der Waals surface area contributed by atoms with Gasteiger partial charge in [0.25, 0.3) is 0 Å². The van der Waals surface area contributed by atoms with Gasteiger partial charge in [-0.25, -0.2) is 0 Å². The zero-order chi connectivity index (χ0) is 22.1. The summed E-state index contributed by atoms with van der Waals surface area (Å²) >= 11 is 0. The maximum absolute atomic E-state index is 12.7. The lowest BCUT2D eigenvalue weighted by molar-refractivity contribution is -0.127. The third kappa shape index (κ3) is 3.16. The summed E-state index contributed by atoms with van der Waals surface area (Å²) in [4.78, 5) is 12.2. The predicted molar refractivity (Wildman–Crippen MR) is 105 cm³/mol. The first-order chi connectivity index (χ1) is 13.8. The lowest BCUT2D eigenvalue weighted by Gasteiger charge is -2.56. The lowest BCUT2D eigenvalue weighted by atomic mass is 9.48. The van der Waals surface area contributed by atoms with Crippen molar-refractivity contribution in [3.8, 4) is 0 Å². The monoisotopic (exact) mass is 446 g/mol. The van der Waals surface area contributed by atoms with E-state index in [1.807, 2.05) is 0 Å². The first-order valence-electron chi connectivity index (χ1n) is 10.7. The fraction of sp³-hybridized carbons (Fsp3) is 0.773. The van der Waals surface area contributed by atoms with Crippen LogP contribution in [0.4, 0.5) is 13.2 Å². The molecule has 2 saturated carbocycles. The van der Waals surface area contributed by atoms with Gasteiger partial charge in [0.05, 0.1) is 0 Å². The van der Waals surface area contributed by atoms with Gasteiger partial charge in [0.1, 0.15) is 11.5 Å². The summed E-state index contributed by atoms with van der Waals surface area (Å²) in [6, 6.07) is 0. The average Bonchev–Trinajstić information content (AvgIpc) is 2.98. The second-order valence-corrected chi connectivity index (χ2v) is 11.6. The summed E-state index contributed by atoms with van der Waals surface area (Å²) in [5, 5.41) is 0. The highest BCUT2D eigenvalue weighted by atomic mass is 32.2. The summed E-state index contributed by atoms with van der Waals surface area (Å²) in [7, 11) is -5.64. The number of allylic oxidation sites excluding steroid dienone is 4. The van der Waals surface area contributed by atoms with E-state index in [1.165, 1.54) is 6.08 Å². The van der Waals surface area contributed by atoms with Crippen molar-refractivity contribution in [1.29, 1.82) is 0 Å². The Morgan fingerprint density at radius 3 is 2.47 bits per heavy atom. The van der Waals surface area contributed by atoms with Crippen molar-refractivity contribution in [2.45, 2.75) is 71.2 Å². The number of alkyl halides is 3. The Kier molecular flexibility index (Phi) is 5.00. The molecule has 4 rings (SSSR count). The maximum atomic E-state index is 12.7. The van der Waals surface area contributed by atoms with E-state index in [9.17, 15) is 26.4 Å². The van der Waals surface area contributed by atoms with Gasteiger partial charge in [-0.2, -0.15) is 21.6 Å². The second-order valence-electron chi connectivity index (χ2n) is 10.1. The molecule has 0 heterocycles. The number of fused-ring (bicyclic) bond motifs is 5. The molecule has 8 heteroatoms. The number of carbonyl (C=O) groups excluding carboxylic acids is 1. The Hall–Kier alpha value is -1.31. The summed E-state index contributed by atoms with van der Waals surface area (Å²) in [6.45, 7) is 6.12. The van der Waals surface area contributed by atoms with Gasteiger partial charge in [-0.05, 0) is 85.7 Å². The Bertz CT molecular complexity index is 919. The molecule has 0 spiro atoms. The molecule has 6 unspecified atom stereocenters. The van der Waals surface area contributed by atoms with Crippen LogP contribution in [0.3, 0.4) is 0 Å². The number of Topliss-reactive ketones (excluding diaryl/α,β-unsaturated/α-hetero) is 1. The highest BCUT2D eigenvalue weighted by molar-refractivity contribution is 7.87. The number of carbonyl (C=O) groups is 1. The standard InChI is InChI=1S/C22H29F3O4S/c1-13(26)17-6-7-18-16-5-4-14-12-15(29-30(27,28)22(23,24)25)8-10-20(14,2)19(16)9-11-21(17,18)3/h4,12,16-19H,5-11H2,1-3H3. The summed E-state index contributed by atoms with van der Waals surface area (Å²) in [5.41, 5.74) is -4.70. The molecule has 0 aliphatic heterocycles. The molecule has 4 aliphatic rings. The largest absolute Gasteiger partial charge is 0.534 e. The van der Waals surface area contributed by atoms with Crippen LogP contribution < -0.4 is 0 Å². The lowest BCUT2D eigenvalue weighted by Crippen LogP contribution is -2.49.